The number of phosphoric acid groups is 2. The molecular weight excluding hydrogens is 1150 g/mol. The predicted molar refractivity (Wildman–Crippen MR) is 349 cm³/mol. The molecule has 0 saturated carbocycles. The molecule has 0 aromatic heterocycles. The van der Waals surface area contributed by atoms with Gasteiger partial charge in [0.1, 0.15) is 19.3 Å². The molecule has 87 heavy (non-hydrogen) atoms. The van der Waals surface area contributed by atoms with Gasteiger partial charge in [-0.3, -0.25) is 37.3 Å². The Morgan fingerprint density at radius 1 is 0.322 bits per heavy atom. The Morgan fingerprint density at radius 3 is 0.816 bits per heavy atom. The summed E-state index contributed by atoms with van der Waals surface area (Å²) in [5, 5.41) is 10.6. The molecule has 0 radical (unpaired) electrons. The number of hydrogen-bond donors (Lipinski definition) is 3. The zero-order valence-corrected chi connectivity index (χ0v) is 58.4. The predicted octanol–water partition coefficient (Wildman–Crippen LogP) is 18.9. The molecule has 0 saturated heterocycles. The van der Waals surface area contributed by atoms with Crippen molar-refractivity contribution in [1.82, 2.24) is 0 Å². The van der Waals surface area contributed by atoms with Crippen molar-refractivity contribution < 1.29 is 80.2 Å². The molecule has 0 spiro atoms. The van der Waals surface area contributed by atoms with E-state index in [2.05, 4.69) is 55.4 Å². The van der Waals surface area contributed by atoms with Crippen LogP contribution >= 0.6 is 15.6 Å². The number of ether oxygens (including phenoxy) is 4. The van der Waals surface area contributed by atoms with Crippen molar-refractivity contribution in [2.75, 3.05) is 39.6 Å². The molecule has 0 amide bonds. The van der Waals surface area contributed by atoms with Gasteiger partial charge >= 0.3 is 39.5 Å². The Hall–Kier alpha value is -1.94. The molecule has 0 aliphatic rings. The number of hydrogen-bond acceptors (Lipinski definition) is 15. The first-order chi connectivity index (χ1) is 41.7. The van der Waals surface area contributed by atoms with Crippen molar-refractivity contribution in [3.05, 3.63) is 0 Å². The van der Waals surface area contributed by atoms with Gasteiger partial charge in [-0.15, -0.1) is 0 Å². The van der Waals surface area contributed by atoms with Crippen LogP contribution in [0, 0.1) is 23.7 Å². The highest BCUT2D eigenvalue weighted by atomic mass is 31.2. The highest BCUT2D eigenvalue weighted by Crippen LogP contribution is 2.45. The second kappa shape index (κ2) is 57.9. The third kappa shape index (κ3) is 60.1. The Labute approximate surface area is 530 Å². The first-order valence-corrected chi connectivity index (χ1v) is 38.3. The highest BCUT2D eigenvalue weighted by Gasteiger charge is 2.30. The van der Waals surface area contributed by atoms with Crippen LogP contribution in [0.2, 0.25) is 0 Å². The number of aliphatic hydroxyl groups is 1. The molecule has 5 unspecified atom stereocenters. The molecule has 3 N–H and O–H groups in total. The van der Waals surface area contributed by atoms with Crippen LogP contribution in [0.4, 0.5) is 0 Å². The Kier molecular flexibility index (Phi) is 56.6. The first-order valence-electron chi connectivity index (χ1n) is 35.3. The maximum Gasteiger partial charge on any atom is 0.472 e. The fourth-order valence-electron chi connectivity index (χ4n) is 10.1. The average molecular weight is 1280 g/mol. The lowest BCUT2D eigenvalue weighted by molar-refractivity contribution is -0.161. The summed E-state index contributed by atoms with van der Waals surface area (Å²) >= 11 is 0. The molecule has 19 heteroatoms. The third-order valence-corrected chi connectivity index (χ3v) is 18.2. The summed E-state index contributed by atoms with van der Waals surface area (Å²) in [7, 11) is -9.90. The first kappa shape index (κ1) is 85.1. The molecule has 0 bridgehead atoms. The minimum atomic E-state index is -4.95. The van der Waals surface area contributed by atoms with Crippen LogP contribution < -0.4 is 0 Å². The molecule has 0 aliphatic carbocycles. The van der Waals surface area contributed by atoms with Gasteiger partial charge in [0.25, 0.3) is 0 Å². The van der Waals surface area contributed by atoms with Gasteiger partial charge in [-0.2, -0.15) is 0 Å². The lowest BCUT2D eigenvalue weighted by Gasteiger charge is -2.21. The van der Waals surface area contributed by atoms with Gasteiger partial charge in [-0.25, -0.2) is 9.13 Å². The van der Waals surface area contributed by atoms with Gasteiger partial charge in [0.05, 0.1) is 26.4 Å². The van der Waals surface area contributed by atoms with E-state index >= 15 is 0 Å². The number of carbonyl (C=O) groups excluding carboxylic acids is 4. The monoisotopic (exact) mass is 1280 g/mol. The fraction of sp³-hybridized carbons (Fsp3) is 0.941. The van der Waals surface area contributed by atoms with E-state index in [4.69, 9.17) is 37.0 Å². The summed E-state index contributed by atoms with van der Waals surface area (Å²) in [6.45, 7) is 14.0. The van der Waals surface area contributed by atoms with Crippen LogP contribution in [0.25, 0.3) is 0 Å². The van der Waals surface area contributed by atoms with Crippen molar-refractivity contribution >= 4 is 39.5 Å². The Balaban J connectivity index is 5.25. The van der Waals surface area contributed by atoms with E-state index in [1.165, 1.54) is 135 Å². The number of esters is 4. The largest absolute Gasteiger partial charge is 0.472 e. The van der Waals surface area contributed by atoms with Gasteiger partial charge in [-0.05, 0) is 49.4 Å². The van der Waals surface area contributed by atoms with Gasteiger partial charge in [-0.1, -0.05) is 280 Å². The Bertz CT molecular complexity index is 1730. The summed E-state index contributed by atoms with van der Waals surface area (Å²) in [6.07, 6.45) is 38.9. The number of unbranched alkanes of at least 4 members (excludes halogenated alkanes) is 29. The molecule has 516 valence electrons. The number of phosphoric ester groups is 2. The van der Waals surface area contributed by atoms with Crippen LogP contribution in [0.1, 0.15) is 331 Å². The molecule has 0 aromatic rings. The molecule has 0 fully saturated rings. The molecule has 0 heterocycles. The van der Waals surface area contributed by atoms with Crippen LogP contribution in [-0.4, -0.2) is 96.7 Å². The smallest absolute Gasteiger partial charge is 0.462 e. The van der Waals surface area contributed by atoms with Crippen molar-refractivity contribution in [3.63, 3.8) is 0 Å². The lowest BCUT2D eigenvalue weighted by Crippen LogP contribution is -2.30. The molecule has 0 aromatic carbocycles. The summed E-state index contributed by atoms with van der Waals surface area (Å²) in [4.78, 5) is 72.4. The van der Waals surface area contributed by atoms with Crippen molar-refractivity contribution in [3.8, 4) is 0 Å². The number of rotatable bonds is 65. The van der Waals surface area contributed by atoms with E-state index in [1.54, 1.807) is 0 Å². The topological polar surface area (TPSA) is 237 Å². The third-order valence-electron chi connectivity index (χ3n) is 16.3. The zero-order chi connectivity index (χ0) is 64.7. The molecular formula is C68H132O17P2. The SMILES string of the molecule is CCC(C)CCCCCCCCCCC(=O)O[C@H](COC(=O)CCCCCCCCCCC(C)C)COP(=O)(O)OCC(O)COP(=O)(O)OC[C@@H](COC(=O)CCCCCCCCCCCCCC(C)C)OC(=O)CCCCCCCCC(C)CC. The zero-order valence-electron chi connectivity index (χ0n) is 56.6. The van der Waals surface area contributed by atoms with Crippen LogP contribution in [0.15, 0.2) is 0 Å². The highest BCUT2D eigenvalue weighted by molar-refractivity contribution is 7.47. The van der Waals surface area contributed by atoms with Gasteiger partial charge < -0.3 is 33.8 Å². The summed E-state index contributed by atoms with van der Waals surface area (Å²) in [6, 6.07) is 0. The van der Waals surface area contributed by atoms with Gasteiger partial charge in [0.2, 0.25) is 0 Å². The normalized spacial score (nSPS) is 15.0. The maximum atomic E-state index is 13.0. The van der Waals surface area contributed by atoms with Gasteiger partial charge in [0.15, 0.2) is 12.2 Å². The minimum absolute atomic E-state index is 0.102. The summed E-state index contributed by atoms with van der Waals surface area (Å²) in [5.74, 6) is 0.851. The standard InChI is InChI=1S/C68H132O17P2/c1-9-60(7)46-38-30-22-17-19-25-34-42-50-67(72)84-63(54-79-66(71)49-41-33-24-18-16-21-29-37-45-59(5)6)56-82-86(74,75)80-52-62(69)53-81-87(76,77)83-57-64(85-68(73)51-43-35-27-26-31-39-47-61(8)10-2)55-78-65(70)48-40-32-23-15-13-11-12-14-20-28-36-44-58(3)4/h58-64,69H,9-57H2,1-8H3,(H,74,75)(H,76,77)/t60?,61?,62?,63-,64-/m1/s1. The second-order valence-corrected chi connectivity index (χ2v) is 28.9. The maximum absolute atomic E-state index is 13.0. The van der Waals surface area contributed by atoms with Crippen molar-refractivity contribution in [2.24, 2.45) is 23.7 Å². The molecule has 7 atom stereocenters. The van der Waals surface area contributed by atoms with E-state index in [0.717, 1.165) is 114 Å². The fourth-order valence-corrected chi connectivity index (χ4v) is 11.7. The van der Waals surface area contributed by atoms with Crippen molar-refractivity contribution in [1.29, 1.82) is 0 Å². The van der Waals surface area contributed by atoms with E-state index in [1.807, 2.05) is 0 Å². The molecule has 17 nitrogen and oxygen atoms in total. The molecule has 0 aliphatic heterocycles. The number of aliphatic hydroxyl groups excluding tert-OH is 1. The van der Waals surface area contributed by atoms with E-state index < -0.39 is 97.5 Å². The quantitative estimate of drug-likeness (QED) is 0.0222. The van der Waals surface area contributed by atoms with E-state index in [-0.39, 0.29) is 25.7 Å². The summed E-state index contributed by atoms with van der Waals surface area (Å²) in [5.41, 5.74) is 0. The minimum Gasteiger partial charge on any atom is -0.462 e. The molecule has 0 rings (SSSR count). The Morgan fingerprint density at radius 2 is 0.552 bits per heavy atom. The number of carbonyl (C=O) groups is 4. The average Bonchev–Trinajstić information content (AvgIpc) is 3.69. The van der Waals surface area contributed by atoms with Crippen LogP contribution in [0.3, 0.4) is 0 Å². The van der Waals surface area contributed by atoms with E-state index in [9.17, 15) is 43.2 Å². The van der Waals surface area contributed by atoms with E-state index in [0.29, 0.717) is 25.7 Å². The van der Waals surface area contributed by atoms with Crippen LogP contribution in [-0.2, 0) is 65.4 Å². The summed E-state index contributed by atoms with van der Waals surface area (Å²) < 4.78 is 68.2. The van der Waals surface area contributed by atoms with Crippen LogP contribution in [0.5, 0.6) is 0 Å². The second-order valence-electron chi connectivity index (χ2n) is 26.0. The van der Waals surface area contributed by atoms with Crippen molar-refractivity contribution in [2.45, 2.75) is 350 Å². The lowest BCUT2D eigenvalue weighted by atomic mass is 9.99. The van der Waals surface area contributed by atoms with Gasteiger partial charge in [0, 0.05) is 25.7 Å².